The van der Waals surface area contributed by atoms with Crippen molar-refractivity contribution in [1.29, 1.82) is 0 Å². The molecule has 1 aromatic rings. The van der Waals surface area contributed by atoms with Crippen molar-refractivity contribution in [3.05, 3.63) is 22.2 Å². The number of nitrogens with zero attached hydrogens (tertiary/aromatic N) is 1. The maximum Gasteiger partial charge on any atom is 0.244 e. The Kier molecular flexibility index (Phi) is 4.45. The van der Waals surface area contributed by atoms with Gasteiger partial charge in [0.05, 0.1) is 16.8 Å². The van der Waals surface area contributed by atoms with Gasteiger partial charge in [0.2, 0.25) is 5.91 Å². The first-order chi connectivity index (χ1) is 7.08. The molecule has 0 saturated carbocycles. The van der Waals surface area contributed by atoms with Crippen LogP contribution in [0.2, 0.25) is 0 Å². The van der Waals surface area contributed by atoms with Crippen LogP contribution in [0.1, 0.15) is 17.6 Å². The first-order valence-corrected chi connectivity index (χ1v) is 5.52. The summed E-state index contributed by atoms with van der Waals surface area (Å²) in [7, 11) is 0. The van der Waals surface area contributed by atoms with Crippen molar-refractivity contribution >= 4 is 23.3 Å². The number of aliphatic hydroxyl groups is 1. The van der Waals surface area contributed by atoms with Crippen LogP contribution in [0.3, 0.4) is 0 Å². The van der Waals surface area contributed by atoms with E-state index in [0.717, 1.165) is 10.7 Å². The molecule has 82 valence electrons. The molecule has 2 N–H and O–H groups in total. The van der Waals surface area contributed by atoms with Crippen molar-refractivity contribution in [3.63, 3.8) is 0 Å². The predicted molar refractivity (Wildman–Crippen MR) is 60.6 cm³/mol. The van der Waals surface area contributed by atoms with E-state index >= 15 is 0 Å². The Morgan fingerprint density at radius 3 is 3.07 bits per heavy atom. The molecule has 0 saturated heterocycles. The summed E-state index contributed by atoms with van der Waals surface area (Å²) in [5.74, 6) is -0.221. The molecule has 1 unspecified atom stereocenters. The molecule has 1 amide bonds. The van der Waals surface area contributed by atoms with E-state index < -0.39 is 6.10 Å². The van der Waals surface area contributed by atoms with Crippen LogP contribution in [0.4, 0.5) is 0 Å². The predicted octanol–water partition coefficient (Wildman–Crippen LogP) is 0.962. The van der Waals surface area contributed by atoms with E-state index in [9.17, 15) is 4.79 Å². The minimum atomic E-state index is -0.524. The van der Waals surface area contributed by atoms with Crippen LogP contribution in [0.15, 0.2) is 11.5 Å². The van der Waals surface area contributed by atoms with Gasteiger partial charge in [-0.05, 0) is 19.9 Å². The van der Waals surface area contributed by atoms with Crippen LogP contribution in [-0.4, -0.2) is 28.6 Å². The number of aromatic nitrogens is 1. The minimum absolute atomic E-state index is 0.221. The van der Waals surface area contributed by atoms with Gasteiger partial charge < -0.3 is 10.4 Å². The summed E-state index contributed by atoms with van der Waals surface area (Å²) < 4.78 is 0. The monoisotopic (exact) mass is 226 g/mol. The highest BCUT2D eigenvalue weighted by atomic mass is 32.1. The number of hydrogen-bond acceptors (Lipinski definition) is 4. The van der Waals surface area contributed by atoms with Gasteiger partial charge in [-0.3, -0.25) is 4.79 Å². The van der Waals surface area contributed by atoms with Crippen molar-refractivity contribution < 1.29 is 9.90 Å². The molecule has 1 rings (SSSR count). The zero-order valence-electron chi connectivity index (χ0n) is 8.73. The lowest BCUT2D eigenvalue weighted by atomic mass is 10.3. The minimum Gasteiger partial charge on any atom is -0.392 e. The second kappa shape index (κ2) is 5.63. The second-order valence-corrected chi connectivity index (χ2v) is 4.28. The molecule has 0 aliphatic rings. The van der Waals surface area contributed by atoms with Crippen LogP contribution < -0.4 is 5.32 Å². The van der Waals surface area contributed by atoms with Crippen LogP contribution in [0.25, 0.3) is 6.08 Å². The fourth-order valence-electron chi connectivity index (χ4n) is 0.925. The quantitative estimate of drug-likeness (QED) is 0.752. The van der Waals surface area contributed by atoms with Crippen molar-refractivity contribution in [2.75, 3.05) is 6.54 Å². The highest BCUT2D eigenvalue weighted by Crippen LogP contribution is 2.08. The summed E-state index contributed by atoms with van der Waals surface area (Å²) in [4.78, 5) is 15.4. The van der Waals surface area contributed by atoms with Crippen LogP contribution in [0.5, 0.6) is 0 Å². The highest BCUT2D eigenvalue weighted by molar-refractivity contribution is 7.09. The van der Waals surface area contributed by atoms with E-state index in [1.54, 1.807) is 24.3 Å². The lowest BCUT2D eigenvalue weighted by molar-refractivity contribution is -0.116. The first kappa shape index (κ1) is 11.9. The molecule has 0 aromatic carbocycles. The Morgan fingerprint density at radius 1 is 1.80 bits per heavy atom. The van der Waals surface area contributed by atoms with Crippen molar-refractivity contribution in [2.45, 2.75) is 20.0 Å². The zero-order valence-corrected chi connectivity index (χ0v) is 9.54. The van der Waals surface area contributed by atoms with E-state index in [0.29, 0.717) is 0 Å². The maximum absolute atomic E-state index is 11.2. The Bertz CT molecular complexity index is 358. The van der Waals surface area contributed by atoms with Gasteiger partial charge in [-0.1, -0.05) is 0 Å². The average molecular weight is 226 g/mol. The summed E-state index contributed by atoms with van der Waals surface area (Å²) in [6, 6.07) is 0. The van der Waals surface area contributed by atoms with Gasteiger partial charge in [0.1, 0.15) is 0 Å². The summed E-state index contributed by atoms with van der Waals surface area (Å²) in [5.41, 5.74) is 0.782. The number of carbonyl (C=O) groups excluding carboxylic acids is 1. The topological polar surface area (TPSA) is 62.2 Å². The zero-order chi connectivity index (χ0) is 11.3. The highest BCUT2D eigenvalue weighted by Gasteiger charge is 1.99. The van der Waals surface area contributed by atoms with E-state index in [4.69, 9.17) is 5.11 Å². The number of carbonyl (C=O) groups is 1. The van der Waals surface area contributed by atoms with Crippen LogP contribution in [-0.2, 0) is 4.79 Å². The number of amides is 1. The lowest BCUT2D eigenvalue weighted by Gasteiger charge is -2.03. The Hall–Kier alpha value is -1.20. The SMILES string of the molecule is Cc1nc(/C=C/C(=O)NCC(C)O)cs1. The number of nitrogens with one attached hydrogen (secondary N) is 1. The molecule has 0 radical (unpaired) electrons. The molecule has 5 heteroatoms. The number of aryl methyl sites for hydroxylation is 1. The fraction of sp³-hybridized carbons (Fsp3) is 0.400. The van der Waals surface area contributed by atoms with E-state index in [1.165, 1.54) is 6.08 Å². The summed E-state index contributed by atoms with van der Waals surface area (Å²) in [6.07, 6.45) is 2.54. The third-order valence-corrected chi connectivity index (χ3v) is 2.41. The van der Waals surface area contributed by atoms with Crippen molar-refractivity contribution in [1.82, 2.24) is 10.3 Å². The van der Waals surface area contributed by atoms with Crippen molar-refractivity contribution in [3.8, 4) is 0 Å². The van der Waals surface area contributed by atoms with Gasteiger partial charge in [0.15, 0.2) is 0 Å². The van der Waals surface area contributed by atoms with Gasteiger partial charge >= 0.3 is 0 Å². The summed E-state index contributed by atoms with van der Waals surface area (Å²) in [5, 5.41) is 14.4. The fourth-order valence-corrected chi connectivity index (χ4v) is 1.51. The van der Waals surface area contributed by atoms with Gasteiger partial charge in [-0.25, -0.2) is 4.98 Å². The summed E-state index contributed by atoms with van der Waals surface area (Å²) >= 11 is 1.54. The first-order valence-electron chi connectivity index (χ1n) is 4.64. The normalized spacial score (nSPS) is 13.0. The number of rotatable bonds is 4. The third kappa shape index (κ3) is 4.71. The third-order valence-electron chi connectivity index (χ3n) is 1.61. The van der Waals surface area contributed by atoms with E-state index in [-0.39, 0.29) is 12.5 Å². The number of aliphatic hydroxyl groups excluding tert-OH is 1. The Morgan fingerprint density at radius 2 is 2.53 bits per heavy atom. The average Bonchev–Trinajstić information content (AvgIpc) is 2.58. The Balaban J connectivity index is 2.40. The van der Waals surface area contributed by atoms with Crippen LogP contribution in [0, 0.1) is 6.92 Å². The molecule has 0 aliphatic heterocycles. The van der Waals surface area contributed by atoms with Gasteiger partial charge in [-0.15, -0.1) is 11.3 Å². The summed E-state index contributed by atoms with van der Waals surface area (Å²) in [6.45, 7) is 3.79. The standard InChI is InChI=1S/C10H14N2O2S/c1-7(13)5-11-10(14)4-3-9-6-15-8(2)12-9/h3-4,6-7,13H,5H2,1-2H3,(H,11,14)/b4-3+. The van der Waals surface area contributed by atoms with Gasteiger partial charge in [0.25, 0.3) is 0 Å². The van der Waals surface area contributed by atoms with E-state index in [1.807, 2.05) is 12.3 Å². The smallest absolute Gasteiger partial charge is 0.244 e. The maximum atomic E-state index is 11.2. The molecule has 1 heterocycles. The molecule has 0 bridgehead atoms. The van der Waals surface area contributed by atoms with Crippen molar-refractivity contribution in [2.24, 2.45) is 0 Å². The molecule has 4 nitrogen and oxygen atoms in total. The van der Waals surface area contributed by atoms with Crippen LogP contribution >= 0.6 is 11.3 Å². The largest absolute Gasteiger partial charge is 0.392 e. The molecule has 15 heavy (non-hydrogen) atoms. The molecule has 0 fully saturated rings. The molecule has 0 aliphatic carbocycles. The van der Waals surface area contributed by atoms with Gasteiger partial charge in [-0.2, -0.15) is 0 Å². The second-order valence-electron chi connectivity index (χ2n) is 3.22. The molecular weight excluding hydrogens is 212 g/mol. The number of thiazole rings is 1. The number of hydrogen-bond donors (Lipinski definition) is 2. The molecular formula is C10H14N2O2S. The Labute approximate surface area is 92.7 Å². The van der Waals surface area contributed by atoms with E-state index in [2.05, 4.69) is 10.3 Å². The lowest BCUT2D eigenvalue weighted by Crippen LogP contribution is -2.28. The molecule has 0 spiro atoms. The molecule has 1 atom stereocenters. The molecule has 1 aromatic heterocycles. The van der Waals surface area contributed by atoms with Gasteiger partial charge in [0, 0.05) is 18.0 Å².